The summed E-state index contributed by atoms with van der Waals surface area (Å²) in [4.78, 5) is 28.4. The zero-order valence-corrected chi connectivity index (χ0v) is 16.9. The Morgan fingerprint density at radius 2 is 1.76 bits per heavy atom. The van der Waals surface area contributed by atoms with Crippen molar-refractivity contribution in [3.05, 3.63) is 88.2 Å². The van der Waals surface area contributed by atoms with E-state index < -0.39 is 5.97 Å². The standard InChI is InChI=1S/C21H16BrN3O4/c1-28-18-4-2-3-16(13-24-25-20(26)14-9-11-23-12-10-14)19(18)29-21(27)15-5-7-17(22)8-6-15/h2-13H,1H3,(H,25,26)/b24-13+. The third kappa shape index (κ3) is 5.26. The largest absolute Gasteiger partial charge is 0.493 e. The molecule has 3 rings (SSSR count). The summed E-state index contributed by atoms with van der Waals surface area (Å²) in [7, 11) is 1.47. The molecule has 3 aromatic rings. The molecule has 29 heavy (non-hydrogen) atoms. The number of methoxy groups -OCH3 is 1. The van der Waals surface area contributed by atoms with E-state index in [2.05, 4.69) is 31.4 Å². The van der Waals surface area contributed by atoms with Gasteiger partial charge in [0.25, 0.3) is 5.91 Å². The van der Waals surface area contributed by atoms with Crippen LogP contribution in [0.15, 0.2) is 76.6 Å². The fourth-order valence-electron chi connectivity index (χ4n) is 2.37. The van der Waals surface area contributed by atoms with Crippen molar-refractivity contribution >= 4 is 34.0 Å². The fourth-order valence-corrected chi connectivity index (χ4v) is 2.63. The molecule has 0 fully saturated rings. The molecule has 1 amide bonds. The predicted octanol–water partition coefficient (Wildman–Crippen LogP) is 3.84. The van der Waals surface area contributed by atoms with Gasteiger partial charge >= 0.3 is 5.97 Å². The second kappa shape index (κ2) is 9.61. The number of hydrogen-bond donors (Lipinski definition) is 1. The Hall–Kier alpha value is -3.52. The van der Waals surface area contributed by atoms with Crippen LogP contribution in [-0.2, 0) is 0 Å². The topological polar surface area (TPSA) is 89.9 Å². The number of rotatable bonds is 6. The number of aromatic nitrogens is 1. The van der Waals surface area contributed by atoms with E-state index in [1.807, 2.05) is 0 Å². The molecule has 0 saturated carbocycles. The summed E-state index contributed by atoms with van der Waals surface area (Å²) in [6, 6.07) is 15.0. The zero-order valence-electron chi connectivity index (χ0n) is 15.3. The summed E-state index contributed by atoms with van der Waals surface area (Å²) >= 11 is 3.33. The van der Waals surface area contributed by atoms with Crippen LogP contribution >= 0.6 is 15.9 Å². The summed E-state index contributed by atoms with van der Waals surface area (Å²) < 4.78 is 11.7. The summed E-state index contributed by atoms with van der Waals surface area (Å²) in [6.45, 7) is 0. The van der Waals surface area contributed by atoms with E-state index in [9.17, 15) is 9.59 Å². The molecule has 0 radical (unpaired) electrons. The molecule has 0 aliphatic rings. The quantitative estimate of drug-likeness (QED) is 0.265. The minimum atomic E-state index is -0.544. The van der Waals surface area contributed by atoms with Gasteiger partial charge in [-0.05, 0) is 48.5 Å². The number of hydrazone groups is 1. The molecule has 2 aromatic carbocycles. The first-order chi connectivity index (χ1) is 14.1. The van der Waals surface area contributed by atoms with E-state index in [-0.39, 0.29) is 11.7 Å². The molecule has 0 aliphatic carbocycles. The van der Waals surface area contributed by atoms with Gasteiger partial charge < -0.3 is 9.47 Å². The van der Waals surface area contributed by atoms with Crippen molar-refractivity contribution in [3.8, 4) is 11.5 Å². The number of carbonyl (C=O) groups is 2. The molecular formula is C21H16BrN3O4. The lowest BCUT2D eigenvalue weighted by atomic mass is 10.2. The van der Waals surface area contributed by atoms with Crippen LogP contribution in [0, 0.1) is 0 Å². The van der Waals surface area contributed by atoms with Crippen LogP contribution in [-0.4, -0.2) is 30.2 Å². The lowest BCUT2D eigenvalue weighted by molar-refractivity contribution is 0.0729. The number of ether oxygens (including phenoxy) is 2. The number of hydrogen-bond acceptors (Lipinski definition) is 6. The van der Waals surface area contributed by atoms with Crippen LogP contribution in [0.2, 0.25) is 0 Å². The van der Waals surface area contributed by atoms with Crippen LogP contribution in [0.3, 0.4) is 0 Å². The molecule has 1 N–H and O–H groups in total. The molecule has 7 nitrogen and oxygen atoms in total. The zero-order chi connectivity index (χ0) is 20.6. The highest BCUT2D eigenvalue weighted by molar-refractivity contribution is 9.10. The smallest absolute Gasteiger partial charge is 0.343 e. The summed E-state index contributed by atoms with van der Waals surface area (Å²) in [5.41, 5.74) is 3.69. The molecule has 0 aliphatic heterocycles. The van der Waals surface area contributed by atoms with Crippen molar-refractivity contribution < 1.29 is 19.1 Å². The first-order valence-corrected chi connectivity index (χ1v) is 9.26. The SMILES string of the molecule is COc1cccc(/C=N/NC(=O)c2ccncc2)c1OC(=O)c1ccc(Br)cc1. The number of nitrogens with zero attached hydrogens (tertiary/aromatic N) is 2. The van der Waals surface area contributed by atoms with Crippen LogP contribution in [0.1, 0.15) is 26.3 Å². The van der Waals surface area contributed by atoms with Crippen molar-refractivity contribution in [3.63, 3.8) is 0 Å². The molecule has 0 bridgehead atoms. The number of carbonyl (C=O) groups excluding carboxylic acids is 2. The summed E-state index contributed by atoms with van der Waals surface area (Å²) in [6.07, 6.45) is 4.41. The number of esters is 1. The second-order valence-corrected chi connectivity index (χ2v) is 6.63. The van der Waals surface area contributed by atoms with Gasteiger partial charge in [-0.2, -0.15) is 5.10 Å². The first-order valence-electron chi connectivity index (χ1n) is 8.46. The third-order valence-electron chi connectivity index (χ3n) is 3.82. The maximum absolute atomic E-state index is 12.5. The Morgan fingerprint density at radius 3 is 2.45 bits per heavy atom. The van der Waals surface area contributed by atoms with Gasteiger partial charge in [-0.25, -0.2) is 10.2 Å². The highest BCUT2D eigenvalue weighted by Crippen LogP contribution is 2.31. The maximum atomic E-state index is 12.5. The van der Waals surface area contributed by atoms with Crippen molar-refractivity contribution in [2.45, 2.75) is 0 Å². The van der Waals surface area contributed by atoms with Gasteiger partial charge in [-0.15, -0.1) is 0 Å². The van der Waals surface area contributed by atoms with Crippen LogP contribution in [0.25, 0.3) is 0 Å². The predicted molar refractivity (Wildman–Crippen MR) is 111 cm³/mol. The maximum Gasteiger partial charge on any atom is 0.343 e. The van der Waals surface area contributed by atoms with Gasteiger partial charge in [0.1, 0.15) is 0 Å². The third-order valence-corrected chi connectivity index (χ3v) is 4.34. The first kappa shape index (κ1) is 20.2. The number of pyridine rings is 1. The lowest BCUT2D eigenvalue weighted by Gasteiger charge is -2.12. The Bertz CT molecular complexity index is 1040. The Kier molecular flexibility index (Phi) is 6.70. The molecule has 0 unspecified atom stereocenters. The van der Waals surface area contributed by atoms with Crippen molar-refractivity contribution in [2.75, 3.05) is 7.11 Å². The molecule has 0 atom stereocenters. The fraction of sp³-hybridized carbons (Fsp3) is 0.0476. The molecular weight excluding hydrogens is 438 g/mol. The number of benzene rings is 2. The minimum absolute atomic E-state index is 0.199. The Morgan fingerprint density at radius 1 is 1.03 bits per heavy atom. The molecule has 0 spiro atoms. The van der Waals surface area contributed by atoms with Crippen molar-refractivity contribution in [1.29, 1.82) is 0 Å². The van der Waals surface area contributed by atoms with E-state index >= 15 is 0 Å². The molecule has 1 aromatic heterocycles. The number of amides is 1. The van der Waals surface area contributed by atoms with Crippen LogP contribution < -0.4 is 14.9 Å². The number of para-hydroxylation sites is 1. The highest BCUT2D eigenvalue weighted by atomic mass is 79.9. The molecule has 8 heteroatoms. The summed E-state index contributed by atoms with van der Waals surface area (Å²) in [5.74, 6) is -0.373. The monoisotopic (exact) mass is 453 g/mol. The van der Waals surface area contributed by atoms with Gasteiger partial charge in [0.2, 0.25) is 0 Å². The summed E-state index contributed by atoms with van der Waals surface area (Å²) in [5, 5.41) is 3.95. The lowest BCUT2D eigenvalue weighted by Crippen LogP contribution is -2.17. The minimum Gasteiger partial charge on any atom is -0.493 e. The van der Waals surface area contributed by atoms with Crippen molar-refractivity contribution in [2.24, 2.45) is 5.10 Å². The Labute approximate surface area is 175 Å². The van der Waals surface area contributed by atoms with Crippen molar-refractivity contribution in [1.82, 2.24) is 10.4 Å². The van der Waals surface area contributed by atoms with E-state index in [1.165, 1.54) is 25.7 Å². The van der Waals surface area contributed by atoms with Gasteiger partial charge in [0, 0.05) is 28.0 Å². The molecule has 1 heterocycles. The van der Waals surface area contributed by atoms with Gasteiger partial charge in [-0.1, -0.05) is 22.0 Å². The highest BCUT2D eigenvalue weighted by Gasteiger charge is 2.16. The van der Waals surface area contributed by atoms with Crippen LogP contribution in [0.4, 0.5) is 0 Å². The average molecular weight is 454 g/mol. The second-order valence-electron chi connectivity index (χ2n) is 5.71. The van der Waals surface area contributed by atoms with Crippen LogP contribution in [0.5, 0.6) is 11.5 Å². The molecule has 146 valence electrons. The van der Waals surface area contributed by atoms with E-state index in [1.54, 1.807) is 54.6 Å². The number of nitrogens with one attached hydrogen (secondary N) is 1. The van der Waals surface area contributed by atoms with Gasteiger partial charge in [0.15, 0.2) is 11.5 Å². The molecule has 0 saturated heterocycles. The average Bonchev–Trinajstić information content (AvgIpc) is 2.75. The van der Waals surface area contributed by atoms with E-state index in [0.29, 0.717) is 22.4 Å². The van der Waals surface area contributed by atoms with E-state index in [0.717, 1.165) is 4.47 Å². The van der Waals surface area contributed by atoms with Gasteiger partial charge in [0.05, 0.1) is 18.9 Å². The normalized spacial score (nSPS) is 10.6. The Balaban J connectivity index is 1.79. The number of halogens is 1. The van der Waals surface area contributed by atoms with Gasteiger partial charge in [-0.3, -0.25) is 9.78 Å². The van der Waals surface area contributed by atoms with E-state index in [4.69, 9.17) is 9.47 Å².